The molecule has 2 saturated carbocycles. The van der Waals surface area contributed by atoms with Gasteiger partial charge < -0.3 is 35.2 Å². The summed E-state index contributed by atoms with van der Waals surface area (Å²) in [6.07, 6.45) is 0.432. The van der Waals surface area contributed by atoms with Crippen molar-refractivity contribution in [3.63, 3.8) is 0 Å². The van der Waals surface area contributed by atoms with E-state index in [4.69, 9.17) is 9.47 Å². The number of benzene rings is 2. The SMILES string of the molecule is COc1cccc(NCc2ccccc2)c1C(=O)OC1C(C)=CC23C(C)CC4C(C(C=C(CO)C(O)C12O)C3O)C4(C)C. The molecule has 0 aliphatic heterocycles. The first-order chi connectivity index (χ1) is 20.4. The lowest BCUT2D eigenvalue weighted by Crippen LogP contribution is -2.66. The maximum Gasteiger partial charge on any atom is 0.344 e. The van der Waals surface area contributed by atoms with Crippen LogP contribution in [0.3, 0.4) is 0 Å². The van der Waals surface area contributed by atoms with Gasteiger partial charge in [0.05, 0.1) is 30.9 Å². The third-order valence-corrected chi connectivity index (χ3v) is 11.2. The van der Waals surface area contributed by atoms with E-state index in [0.29, 0.717) is 29.5 Å². The van der Waals surface area contributed by atoms with E-state index in [0.717, 1.165) is 12.0 Å². The maximum absolute atomic E-state index is 14.1. The molecule has 9 atom stereocenters. The third kappa shape index (κ3) is 4.21. The molecular weight excluding hydrogens is 546 g/mol. The van der Waals surface area contributed by atoms with Crippen molar-refractivity contribution in [1.29, 1.82) is 0 Å². The van der Waals surface area contributed by atoms with Crippen molar-refractivity contribution in [2.45, 2.75) is 64.6 Å². The number of methoxy groups -OCH3 is 1. The number of ether oxygens (including phenoxy) is 2. The van der Waals surface area contributed by atoms with E-state index in [9.17, 15) is 25.2 Å². The Morgan fingerprint density at radius 3 is 2.49 bits per heavy atom. The Labute approximate surface area is 253 Å². The van der Waals surface area contributed by atoms with E-state index < -0.39 is 41.9 Å². The van der Waals surface area contributed by atoms with Gasteiger partial charge in [-0.05, 0) is 65.4 Å². The normalized spacial score (nSPS) is 37.1. The van der Waals surface area contributed by atoms with Gasteiger partial charge in [0, 0.05) is 12.5 Å². The highest BCUT2D eigenvalue weighted by atomic mass is 16.6. The molecule has 230 valence electrons. The number of aliphatic hydroxyl groups is 4. The lowest BCUT2D eigenvalue weighted by molar-refractivity contribution is -0.215. The van der Waals surface area contributed by atoms with E-state index in [1.54, 1.807) is 31.2 Å². The van der Waals surface area contributed by atoms with E-state index in [2.05, 4.69) is 19.2 Å². The summed E-state index contributed by atoms with van der Waals surface area (Å²) >= 11 is 0. The Hall–Kier alpha value is -3.17. The Bertz CT molecular complexity index is 1470. The molecule has 6 rings (SSSR count). The van der Waals surface area contributed by atoms with Crippen molar-refractivity contribution < 1.29 is 34.7 Å². The van der Waals surface area contributed by atoms with Gasteiger partial charge in [0.25, 0.3) is 0 Å². The Morgan fingerprint density at radius 1 is 1.09 bits per heavy atom. The molecule has 1 spiro atoms. The fourth-order valence-corrected chi connectivity index (χ4v) is 8.92. The molecule has 8 heteroatoms. The lowest BCUT2D eigenvalue weighted by atomic mass is 9.58. The van der Waals surface area contributed by atoms with Gasteiger partial charge >= 0.3 is 5.97 Å². The number of nitrogens with one attached hydrogen (secondary N) is 1. The first-order valence-corrected chi connectivity index (χ1v) is 15.2. The average molecular weight is 590 g/mol. The zero-order valence-corrected chi connectivity index (χ0v) is 25.4. The predicted molar refractivity (Wildman–Crippen MR) is 162 cm³/mol. The molecule has 8 nitrogen and oxygen atoms in total. The Balaban J connectivity index is 1.39. The van der Waals surface area contributed by atoms with Crippen LogP contribution in [0.2, 0.25) is 0 Å². The van der Waals surface area contributed by atoms with Gasteiger partial charge in [0.15, 0.2) is 6.10 Å². The van der Waals surface area contributed by atoms with Crippen LogP contribution in [0, 0.1) is 34.5 Å². The van der Waals surface area contributed by atoms with Crippen LogP contribution in [0.1, 0.15) is 50.0 Å². The highest BCUT2D eigenvalue weighted by Gasteiger charge is 2.76. The van der Waals surface area contributed by atoms with E-state index in [1.165, 1.54) is 7.11 Å². The predicted octanol–water partition coefficient (Wildman–Crippen LogP) is 4.09. The molecular formula is C35H43NO7. The number of hydrogen-bond acceptors (Lipinski definition) is 8. The molecule has 0 saturated heterocycles. The minimum Gasteiger partial charge on any atom is -0.496 e. The second-order valence-corrected chi connectivity index (χ2v) is 13.6. The molecule has 0 heterocycles. The quantitative estimate of drug-likeness (QED) is 0.241. The van der Waals surface area contributed by atoms with Crippen LogP contribution in [0.5, 0.6) is 5.75 Å². The number of esters is 1. The Kier molecular flexibility index (Phi) is 7.28. The highest BCUT2D eigenvalue weighted by Crippen LogP contribution is 2.72. The second kappa shape index (κ2) is 10.5. The van der Waals surface area contributed by atoms with Crippen LogP contribution < -0.4 is 10.1 Å². The van der Waals surface area contributed by atoms with Gasteiger partial charge in [-0.2, -0.15) is 0 Å². The van der Waals surface area contributed by atoms with Gasteiger partial charge in [0.2, 0.25) is 0 Å². The minimum atomic E-state index is -2.12. The number of rotatable bonds is 7. The Morgan fingerprint density at radius 2 is 1.81 bits per heavy atom. The summed E-state index contributed by atoms with van der Waals surface area (Å²) in [5, 5.41) is 50.5. The average Bonchev–Trinajstić information content (AvgIpc) is 3.49. The summed E-state index contributed by atoms with van der Waals surface area (Å²) in [7, 11) is 1.47. The summed E-state index contributed by atoms with van der Waals surface area (Å²) in [5.41, 5.74) is -0.979. The first-order valence-electron chi connectivity index (χ1n) is 15.2. The molecule has 2 fully saturated rings. The number of carbonyl (C=O) groups is 1. The van der Waals surface area contributed by atoms with Gasteiger partial charge in [-0.25, -0.2) is 4.79 Å². The van der Waals surface area contributed by atoms with Crippen molar-refractivity contribution >= 4 is 11.7 Å². The molecule has 2 aromatic carbocycles. The van der Waals surface area contributed by atoms with Crippen LogP contribution in [0.4, 0.5) is 5.69 Å². The van der Waals surface area contributed by atoms with Crippen LogP contribution in [0.15, 0.2) is 71.8 Å². The molecule has 4 aliphatic carbocycles. The van der Waals surface area contributed by atoms with Crippen molar-refractivity contribution in [2.24, 2.45) is 34.5 Å². The standard InChI is InChI=1S/C35H43NO7/c1-19-16-34-20(2)14-24-28(33(24,3)4)23(30(34)39)15-22(18-37)29(38)35(34,41)31(19)43-32(40)27-25(12-9-13-26(27)42-5)36-17-21-10-7-6-8-11-21/h6-13,15-16,20,23-24,28-31,36-39,41H,14,17-18H2,1-5H3. The van der Waals surface area contributed by atoms with E-state index in [1.807, 2.05) is 43.3 Å². The van der Waals surface area contributed by atoms with Crippen molar-refractivity contribution in [3.05, 3.63) is 83.0 Å². The topological polar surface area (TPSA) is 128 Å². The number of carbonyl (C=O) groups excluding carboxylic acids is 1. The maximum atomic E-state index is 14.1. The zero-order chi connectivity index (χ0) is 30.9. The van der Waals surface area contributed by atoms with Crippen LogP contribution in [0.25, 0.3) is 0 Å². The summed E-state index contributed by atoms with van der Waals surface area (Å²) in [5.74, 6) is -0.606. The fourth-order valence-electron chi connectivity index (χ4n) is 8.92. The van der Waals surface area contributed by atoms with Gasteiger partial charge in [-0.15, -0.1) is 0 Å². The van der Waals surface area contributed by atoms with Crippen LogP contribution >= 0.6 is 0 Å². The number of fused-ring (bicyclic) bond motifs is 3. The minimum absolute atomic E-state index is 0.0117. The van der Waals surface area contributed by atoms with Crippen molar-refractivity contribution in [2.75, 3.05) is 19.0 Å². The van der Waals surface area contributed by atoms with Crippen LogP contribution in [-0.4, -0.2) is 64.0 Å². The van der Waals surface area contributed by atoms with Gasteiger partial charge in [-0.1, -0.05) is 69.3 Å². The molecule has 0 aromatic heterocycles. The summed E-state index contributed by atoms with van der Waals surface area (Å²) in [6, 6.07) is 15.0. The largest absolute Gasteiger partial charge is 0.496 e. The molecule has 9 unspecified atom stereocenters. The third-order valence-electron chi connectivity index (χ3n) is 11.2. The van der Waals surface area contributed by atoms with Gasteiger partial charge in [0.1, 0.15) is 23.0 Å². The second-order valence-electron chi connectivity index (χ2n) is 13.6. The molecule has 2 bridgehead atoms. The van der Waals surface area contributed by atoms with E-state index >= 15 is 0 Å². The zero-order valence-electron chi connectivity index (χ0n) is 25.4. The van der Waals surface area contributed by atoms with Gasteiger partial charge in [-0.3, -0.25) is 0 Å². The number of anilines is 1. The molecule has 0 amide bonds. The summed E-state index contributed by atoms with van der Waals surface area (Å²) in [6.45, 7) is 8.10. The van der Waals surface area contributed by atoms with Crippen LogP contribution in [-0.2, 0) is 11.3 Å². The molecule has 43 heavy (non-hydrogen) atoms. The highest BCUT2D eigenvalue weighted by molar-refractivity contribution is 5.99. The van der Waals surface area contributed by atoms with Crippen molar-refractivity contribution in [1.82, 2.24) is 0 Å². The van der Waals surface area contributed by atoms with Crippen molar-refractivity contribution in [3.8, 4) is 5.75 Å². The smallest absolute Gasteiger partial charge is 0.344 e. The lowest BCUT2D eigenvalue weighted by Gasteiger charge is -2.52. The fraction of sp³-hybridized carbons (Fsp3) is 0.514. The molecule has 2 aromatic rings. The first kappa shape index (κ1) is 29.9. The van der Waals surface area contributed by atoms with E-state index in [-0.39, 0.29) is 34.3 Å². The number of aliphatic hydroxyl groups excluding tert-OH is 3. The summed E-state index contributed by atoms with van der Waals surface area (Å²) in [4.78, 5) is 14.1. The monoisotopic (exact) mass is 589 g/mol. The number of hydrogen-bond donors (Lipinski definition) is 5. The molecule has 4 aliphatic rings. The molecule has 5 N–H and O–H groups in total. The molecule has 0 radical (unpaired) electrons. The summed E-state index contributed by atoms with van der Waals surface area (Å²) < 4.78 is 11.7.